The van der Waals surface area contributed by atoms with E-state index in [4.69, 9.17) is 4.74 Å². The molecule has 0 aliphatic heterocycles. The van der Waals surface area contributed by atoms with Crippen LogP contribution in [0.15, 0.2) is 42.6 Å². The lowest BCUT2D eigenvalue weighted by molar-refractivity contribution is 0.272. The Labute approximate surface area is 127 Å². The number of aromatic nitrogens is 1. The number of ether oxygens (including phenoxy) is 1. The molecule has 0 aliphatic rings. The molecule has 2 rings (SSSR count). The van der Waals surface area contributed by atoms with Gasteiger partial charge < -0.3 is 14.6 Å². The Kier molecular flexibility index (Phi) is 5.73. The zero-order chi connectivity index (χ0) is 15.1. The number of nitrogens with one attached hydrogen (secondary N) is 1. The van der Waals surface area contributed by atoms with Crippen LogP contribution in [0.5, 0.6) is 5.75 Å². The van der Waals surface area contributed by atoms with Gasteiger partial charge in [0, 0.05) is 18.4 Å². The second-order valence-electron chi connectivity index (χ2n) is 5.75. The van der Waals surface area contributed by atoms with Crippen molar-refractivity contribution in [3.63, 3.8) is 0 Å². The summed E-state index contributed by atoms with van der Waals surface area (Å²) < 4.78 is 8.17. The molecule has 1 aromatic carbocycles. The summed E-state index contributed by atoms with van der Waals surface area (Å²) in [6.07, 6.45) is 3.29. The van der Waals surface area contributed by atoms with Gasteiger partial charge in [-0.3, -0.25) is 0 Å². The zero-order valence-corrected chi connectivity index (χ0v) is 13.3. The molecule has 0 saturated carbocycles. The van der Waals surface area contributed by atoms with Gasteiger partial charge in [0.1, 0.15) is 5.75 Å². The van der Waals surface area contributed by atoms with Crippen molar-refractivity contribution < 1.29 is 4.74 Å². The molecule has 0 amide bonds. The summed E-state index contributed by atoms with van der Waals surface area (Å²) >= 11 is 0. The Hall–Kier alpha value is -1.90. The molecular formula is C18H26N2O. The van der Waals surface area contributed by atoms with Crippen molar-refractivity contribution in [1.82, 2.24) is 4.57 Å². The molecule has 1 heterocycles. The summed E-state index contributed by atoms with van der Waals surface area (Å²) in [5.41, 5.74) is 2.36. The van der Waals surface area contributed by atoms with Crippen LogP contribution in [0, 0.1) is 5.92 Å². The maximum absolute atomic E-state index is 5.88. The quantitative estimate of drug-likeness (QED) is 0.770. The van der Waals surface area contributed by atoms with Gasteiger partial charge >= 0.3 is 0 Å². The Bertz CT molecular complexity index is 546. The maximum Gasteiger partial charge on any atom is 0.142 e. The molecule has 0 fully saturated rings. The first-order chi connectivity index (χ1) is 10.2. The SMILES string of the molecule is CCCn1cccc1CNc1ccccc1OCC(C)C. The maximum atomic E-state index is 5.88. The van der Waals surface area contributed by atoms with E-state index < -0.39 is 0 Å². The normalized spacial score (nSPS) is 10.9. The van der Waals surface area contributed by atoms with Gasteiger partial charge in [0.15, 0.2) is 0 Å². The van der Waals surface area contributed by atoms with E-state index in [1.165, 1.54) is 5.69 Å². The van der Waals surface area contributed by atoms with Gasteiger partial charge in [-0.05, 0) is 36.6 Å². The highest BCUT2D eigenvalue weighted by molar-refractivity contribution is 5.56. The van der Waals surface area contributed by atoms with Crippen molar-refractivity contribution in [3.05, 3.63) is 48.3 Å². The van der Waals surface area contributed by atoms with Crippen LogP contribution in [0.1, 0.15) is 32.9 Å². The third kappa shape index (κ3) is 4.55. The number of hydrogen-bond donors (Lipinski definition) is 1. The topological polar surface area (TPSA) is 26.2 Å². The summed E-state index contributed by atoms with van der Waals surface area (Å²) in [7, 11) is 0. The lowest BCUT2D eigenvalue weighted by Gasteiger charge is -2.15. The fourth-order valence-electron chi connectivity index (χ4n) is 2.25. The van der Waals surface area contributed by atoms with Crippen molar-refractivity contribution in [2.75, 3.05) is 11.9 Å². The van der Waals surface area contributed by atoms with Crippen LogP contribution in [0.3, 0.4) is 0 Å². The van der Waals surface area contributed by atoms with E-state index in [0.29, 0.717) is 5.92 Å². The van der Waals surface area contributed by atoms with Crippen molar-refractivity contribution in [2.45, 2.75) is 40.3 Å². The number of benzene rings is 1. The Morgan fingerprint density at radius 1 is 1.14 bits per heavy atom. The third-order valence-corrected chi connectivity index (χ3v) is 3.31. The Morgan fingerprint density at radius 2 is 1.95 bits per heavy atom. The monoisotopic (exact) mass is 286 g/mol. The molecule has 0 saturated heterocycles. The standard InChI is InChI=1S/C18H26N2O/c1-4-11-20-12-7-8-16(20)13-19-17-9-5-6-10-18(17)21-14-15(2)3/h5-10,12,15,19H,4,11,13-14H2,1-3H3. The zero-order valence-electron chi connectivity index (χ0n) is 13.3. The fraction of sp³-hybridized carbons (Fsp3) is 0.444. The second kappa shape index (κ2) is 7.77. The number of anilines is 1. The highest BCUT2D eigenvalue weighted by atomic mass is 16.5. The molecule has 0 bridgehead atoms. The van der Waals surface area contributed by atoms with Gasteiger partial charge in [-0.1, -0.05) is 32.9 Å². The van der Waals surface area contributed by atoms with Gasteiger partial charge in [0.2, 0.25) is 0 Å². The molecule has 0 spiro atoms. The Morgan fingerprint density at radius 3 is 2.71 bits per heavy atom. The molecule has 2 aromatic rings. The van der Waals surface area contributed by atoms with Crippen LogP contribution in [0.4, 0.5) is 5.69 Å². The van der Waals surface area contributed by atoms with Crippen LogP contribution in [-0.2, 0) is 13.1 Å². The van der Waals surface area contributed by atoms with Gasteiger partial charge in [0.25, 0.3) is 0 Å². The summed E-state index contributed by atoms with van der Waals surface area (Å²) in [6.45, 7) is 9.14. The number of rotatable bonds is 8. The summed E-state index contributed by atoms with van der Waals surface area (Å²) in [5.74, 6) is 1.46. The summed E-state index contributed by atoms with van der Waals surface area (Å²) in [4.78, 5) is 0. The highest BCUT2D eigenvalue weighted by Crippen LogP contribution is 2.25. The molecule has 3 nitrogen and oxygen atoms in total. The average molecular weight is 286 g/mol. The van der Waals surface area contributed by atoms with E-state index in [2.05, 4.69) is 55.1 Å². The number of para-hydroxylation sites is 2. The fourth-order valence-corrected chi connectivity index (χ4v) is 2.25. The lowest BCUT2D eigenvalue weighted by Crippen LogP contribution is -2.09. The first kappa shape index (κ1) is 15.5. The van der Waals surface area contributed by atoms with Crippen LogP contribution in [0.25, 0.3) is 0 Å². The van der Waals surface area contributed by atoms with Crippen LogP contribution in [-0.4, -0.2) is 11.2 Å². The van der Waals surface area contributed by atoms with E-state index in [-0.39, 0.29) is 0 Å². The largest absolute Gasteiger partial charge is 0.491 e. The molecule has 1 aromatic heterocycles. The minimum Gasteiger partial charge on any atom is -0.491 e. The summed E-state index contributed by atoms with van der Waals surface area (Å²) in [6, 6.07) is 12.4. The van der Waals surface area contributed by atoms with E-state index in [0.717, 1.165) is 37.6 Å². The molecular weight excluding hydrogens is 260 g/mol. The van der Waals surface area contributed by atoms with Gasteiger partial charge in [0.05, 0.1) is 18.8 Å². The van der Waals surface area contributed by atoms with Crippen LogP contribution >= 0.6 is 0 Å². The van der Waals surface area contributed by atoms with E-state index >= 15 is 0 Å². The molecule has 114 valence electrons. The predicted molar refractivity (Wildman–Crippen MR) is 88.8 cm³/mol. The third-order valence-electron chi connectivity index (χ3n) is 3.31. The molecule has 0 atom stereocenters. The molecule has 0 aliphatic carbocycles. The molecule has 0 unspecified atom stereocenters. The van der Waals surface area contributed by atoms with Crippen LogP contribution in [0.2, 0.25) is 0 Å². The van der Waals surface area contributed by atoms with Crippen molar-refractivity contribution in [2.24, 2.45) is 5.92 Å². The smallest absolute Gasteiger partial charge is 0.142 e. The van der Waals surface area contributed by atoms with E-state index in [9.17, 15) is 0 Å². The summed E-state index contributed by atoms with van der Waals surface area (Å²) in [5, 5.41) is 3.49. The van der Waals surface area contributed by atoms with Gasteiger partial charge in [-0.2, -0.15) is 0 Å². The molecule has 21 heavy (non-hydrogen) atoms. The van der Waals surface area contributed by atoms with Crippen LogP contribution < -0.4 is 10.1 Å². The minimum absolute atomic E-state index is 0.528. The molecule has 1 N–H and O–H groups in total. The van der Waals surface area contributed by atoms with Crippen molar-refractivity contribution in [3.8, 4) is 5.75 Å². The van der Waals surface area contributed by atoms with E-state index in [1.807, 2.05) is 18.2 Å². The van der Waals surface area contributed by atoms with Crippen molar-refractivity contribution >= 4 is 5.69 Å². The number of nitrogens with zero attached hydrogens (tertiary/aromatic N) is 1. The first-order valence-corrected chi connectivity index (χ1v) is 7.80. The lowest BCUT2D eigenvalue weighted by atomic mass is 10.2. The average Bonchev–Trinajstić information content (AvgIpc) is 2.91. The predicted octanol–water partition coefficient (Wildman–Crippen LogP) is 4.55. The number of aryl methyl sites for hydroxylation is 1. The first-order valence-electron chi connectivity index (χ1n) is 7.80. The van der Waals surface area contributed by atoms with Crippen molar-refractivity contribution in [1.29, 1.82) is 0 Å². The second-order valence-corrected chi connectivity index (χ2v) is 5.75. The molecule has 0 radical (unpaired) electrons. The van der Waals surface area contributed by atoms with E-state index in [1.54, 1.807) is 0 Å². The van der Waals surface area contributed by atoms with Gasteiger partial charge in [-0.25, -0.2) is 0 Å². The minimum atomic E-state index is 0.528. The Balaban J connectivity index is 2.00. The van der Waals surface area contributed by atoms with Gasteiger partial charge in [-0.15, -0.1) is 0 Å². The highest BCUT2D eigenvalue weighted by Gasteiger charge is 2.05. The molecule has 3 heteroatoms. The number of hydrogen-bond acceptors (Lipinski definition) is 2.